The molecule has 0 aliphatic rings. The van der Waals surface area contributed by atoms with Crippen molar-refractivity contribution in [3.05, 3.63) is 27.7 Å². The van der Waals surface area contributed by atoms with Gasteiger partial charge in [-0.2, -0.15) is 0 Å². The van der Waals surface area contributed by atoms with Gasteiger partial charge >= 0.3 is 0 Å². The lowest BCUT2D eigenvalue weighted by atomic mass is 10.2. The summed E-state index contributed by atoms with van der Waals surface area (Å²) in [5.74, 6) is 2.14. The van der Waals surface area contributed by atoms with Gasteiger partial charge in [-0.05, 0) is 12.1 Å². The molecule has 0 saturated heterocycles. The number of rotatable bonds is 3. The van der Waals surface area contributed by atoms with Crippen molar-refractivity contribution < 1.29 is 4.79 Å². The summed E-state index contributed by atoms with van der Waals surface area (Å²) in [4.78, 5) is 11.6. The molecule has 0 bridgehead atoms. The minimum absolute atomic E-state index is 0.259. The predicted molar refractivity (Wildman–Crippen MR) is 66.7 cm³/mol. The second-order valence-corrected chi connectivity index (χ2v) is 3.88. The molecule has 0 fully saturated rings. The van der Waals surface area contributed by atoms with Crippen molar-refractivity contribution in [1.29, 1.82) is 0 Å². The summed E-state index contributed by atoms with van der Waals surface area (Å²) in [5.41, 5.74) is 6.18. The van der Waals surface area contributed by atoms with Gasteiger partial charge in [-0.15, -0.1) is 12.3 Å². The monoisotopic (exact) mass is 256 g/mol. The van der Waals surface area contributed by atoms with Crippen LogP contribution in [0.5, 0.6) is 0 Å². The van der Waals surface area contributed by atoms with E-state index in [-0.39, 0.29) is 21.6 Å². The maximum atomic E-state index is 11.6. The smallest absolute Gasteiger partial charge is 0.251 e. The Kier molecular flexibility index (Phi) is 4.48. The molecule has 0 aliphatic carbocycles. The lowest BCUT2D eigenvalue weighted by Gasteiger charge is -2.06. The van der Waals surface area contributed by atoms with Crippen molar-refractivity contribution >= 4 is 34.8 Å². The Hall–Kier alpha value is -1.37. The number of carbonyl (C=O) groups excluding carboxylic acids is 1. The van der Waals surface area contributed by atoms with Crippen molar-refractivity contribution in [1.82, 2.24) is 5.32 Å². The Balaban J connectivity index is 2.81. The molecule has 3 nitrogen and oxygen atoms in total. The molecule has 1 rings (SSSR count). The van der Waals surface area contributed by atoms with Crippen LogP contribution in [0.15, 0.2) is 12.1 Å². The number of halogens is 2. The number of terminal acetylenes is 1. The van der Waals surface area contributed by atoms with Crippen LogP contribution in [-0.4, -0.2) is 12.5 Å². The number of hydrogen-bond acceptors (Lipinski definition) is 2. The summed E-state index contributed by atoms with van der Waals surface area (Å²) in [6.45, 7) is 0.412. The molecule has 1 amide bonds. The normalized spacial score (nSPS) is 9.56. The lowest BCUT2D eigenvalue weighted by Crippen LogP contribution is -2.24. The van der Waals surface area contributed by atoms with Gasteiger partial charge in [0.25, 0.3) is 5.91 Å². The molecular formula is C11H10Cl2N2O. The van der Waals surface area contributed by atoms with E-state index in [0.29, 0.717) is 18.5 Å². The number of nitrogens with two attached hydrogens (primary N) is 1. The largest absolute Gasteiger partial charge is 0.396 e. The van der Waals surface area contributed by atoms with Crippen molar-refractivity contribution in [3.8, 4) is 12.3 Å². The third-order valence-electron chi connectivity index (χ3n) is 1.90. The van der Waals surface area contributed by atoms with Crippen LogP contribution in [0, 0.1) is 12.3 Å². The van der Waals surface area contributed by atoms with E-state index in [4.69, 9.17) is 35.4 Å². The number of carbonyl (C=O) groups is 1. The zero-order chi connectivity index (χ0) is 12.1. The van der Waals surface area contributed by atoms with Gasteiger partial charge in [-0.1, -0.05) is 23.2 Å². The van der Waals surface area contributed by atoms with Crippen molar-refractivity contribution in [3.63, 3.8) is 0 Å². The molecule has 3 N–H and O–H groups in total. The number of nitrogen functional groups attached to an aromatic ring is 1. The van der Waals surface area contributed by atoms with E-state index in [2.05, 4.69) is 11.2 Å². The number of anilines is 1. The summed E-state index contributed by atoms with van der Waals surface area (Å²) in [7, 11) is 0. The molecule has 1 aromatic carbocycles. The molecule has 0 saturated carbocycles. The van der Waals surface area contributed by atoms with Gasteiger partial charge in [0.2, 0.25) is 0 Å². The Morgan fingerprint density at radius 1 is 1.44 bits per heavy atom. The first-order valence-electron chi connectivity index (χ1n) is 4.52. The molecule has 0 aromatic heterocycles. The van der Waals surface area contributed by atoms with Crippen LogP contribution < -0.4 is 11.1 Å². The van der Waals surface area contributed by atoms with E-state index in [1.54, 1.807) is 0 Å². The van der Waals surface area contributed by atoms with E-state index in [1.807, 2.05) is 0 Å². The fraction of sp³-hybridized carbons (Fsp3) is 0.182. The third kappa shape index (κ3) is 3.06. The fourth-order valence-electron chi connectivity index (χ4n) is 1.07. The summed E-state index contributed by atoms with van der Waals surface area (Å²) in [6, 6.07) is 2.93. The van der Waals surface area contributed by atoms with Crippen LogP contribution >= 0.6 is 23.2 Å². The molecule has 0 atom stereocenters. The first kappa shape index (κ1) is 12.7. The van der Waals surface area contributed by atoms with Gasteiger partial charge in [0.05, 0.1) is 15.7 Å². The Bertz CT molecular complexity index is 429. The zero-order valence-corrected chi connectivity index (χ0v) is 9.90. The quantitative estimate of drug-likeness (QED) is 0.496. The van der Waals surface area contributed by atoms with Gasteiger partial charge in [-0.25, -0.2) is 0 Å². The van der Waals surface area contributed by atoms with Crippen LogP contribution in [0.25, 0.3) is 0 Å². The topological polar surface area (TPSA) is 55.1 Å². The first-order valence-corrected chi connectivity index (χ1v) is 5.28. The van der Waals surface area contributed by atoms with Crippen LogP contribution in [0.3, 0.4) is 0 Å². The SMILES string of the molecule is C#CCCNC(=O)c1cc(Cl)c(N)c(Cl)c1. The molecule has 0 spiro atoms. The maximum absolute atomic E-state index is 11.6. The van der Waals surface area contributed by atoms with Crippen molar-refractivity contribution in [2.75, 3.05) is 12.3 Å². The standard InChI is InChI=1S/C11H10Cl2N2O/c1-2-3-4-15-11(16)7-5-8(12)10(14)9(13)6-7/h1,5-6H,3-4,14H2,(H,15,16). The van der Waals surface area contributed by atoms with E-state index in [1.165, 1.54) is 12.1 Å². The Morgan fingerprint density at radius 2 is 2.00 bits per heavy atom. The molecule has 16 heavy (non-hydrogen) atoms. The van der Waals surface area contributed by atoms with Crippen LogP contribution in [-0.2, 0) is 0 Å². The highest BCUT2D eigenvalue weighted by molar-refractivity contribution is 6.39. The summed E-state index contributed by atoms with van der Waals surface area (Å²) >= 11 is 11.6. The average Bonchev–Trinajstić information content (AvgIpc) is 2.25. The molecular weight excluding hydrogens is 247 g/mol. The van der Waals surface area contributed by atoms with Gasteiger partial charge in [0, 0.05) is 18.5 Å². The average molecular weight is 257 g/mol. The Morgan fingerprint density at radius 3 is 2.50 bits per heavy atom. The summed E-state index contributed by atoms with van der Waals surface area (Å²) in [5, 5.41) is 3.15. The van der Waals surface area contributed by atoms with E-state index >= 15 is 0 Å². The predicted octanol–water partition coefficient (Wildman–Crippen LogP) is 2.33. The third-order valence-corrected chi connectivity index (χ3v) is 2.52. The highest BCUT2D eigenvalue weighted by Gasteiger charge is 2.10. The minimum Gasteiger partial charge on any atom is -0.396 e. The molecule has 0 heterocycles. The lowest BCUT2D eigenvalue weighted by molar-refractivity contribution is 0.0954. The number of nitrogens with one attached hydrogen (secondary N) is 1. The minimum atomic E-state index is -0.279. The van der Waals surface area contributed by atoms with E-state index in [0.717, 1.165) is 0 Å². The van der Waals surface area contributed by atoms with Gasteiger partial charge < -0.3 is 11.1 Å². The van der Waals surface area contributed by atoms with Crippen molar-refractivity contribution in [2.45, 2.75) is 6.42 Å². The molecule has 0 unspecified atom stereocenters. The number of hydrogen-bond donors (Lipinski definition) is 2. The molecule has 0 radical (unpaired) electrons. The summed E-state index contributed by atoms with van der Waals surface area (Å²) < 4.78 is 0. The van der Waals surface area contributed by atoms with Gasteiger partial charge in [0.1, 0.15) is 0 Å². The first-order chi connectivity index (χ1) is 7.56. The molecule has 84 valence electrons. The zero-order valence-electron chi connectivity index (χ0n) is 8.39. The van der Waals surface area contributed by atoms with Crippen molar-refractivity contribution in [2.24, 2.45) is 0 Å². The number of amides is 1. The van der Waals surface area contributed by atoms with Gasteiger partial charge in [-0.3, -0.25) is 4.79 Å². The molecule has 5 heteroatoms. The highest BCUT2D eigenvalue weighted by Crippen LogP contribution is 2.28. The second-order valence-electron chi connectivity index (χ2n) is 3.06. The Labute approximate surface area is 104 Å². The van der Waals surface area contributed by atoms with Crippen LogP contribution in [0.4, 0.5) is 5.69 Å². The van der Waals surface area contributed by atoms with Crippen LogP contribution in [0.2, 0.25) is 10.0 Å². The number of benzene rings is 1. The second kappa shape index (κ2) is 5.64. The van der Waals surface area contributed by atoms with E-state index in [9.17, 15) is 4.79 Å². The molecule has 0 aliphatic heterocycles. The molecule has 1 aromatic rings. The fourth-order valence-corrected chi connectivity index (χ4v) is 1.55. The van der Waals surface area contributed by atoms with Gasteiger partial charge in [0.15, 0.2) is 0 Å². The maximum Gasteiger partial charge on any atom is 0.251 e. The highest BCUT2D eigenvalue weighted by atomic mass is 35.5. The van der Waals surface area contributed by atoms with E-state index < -0.39 is 0 Å². The van der Waals surface area contributed by atoms with Crippen LogP contribution in [0.1, 0.15) is 16.8 Å². The summed E-state index contributed by atoms with van der Waals surface area (Å²) in [6.07, 6.45) is 5.54.